The highest BCUT2D eigenvalue weighted by atomic mass is 79.9. The van der Waals surface area contributed by atoms with Gasteiger partial charge in [-0.25, -0.2) is 0 Å². The van der Waals surface area contributed by atoms with Crippen LogP contribution in [-0.2, 0) is 13.1 Å². The van der Waals surface area contributed by atoms with Gasteiger partial charge in [0.2, 0.25) is 0 Å². The summed E-state index contributed by atoms with van der Waals surface area (Å²) in [4.78, 5) is 2.02. The molecule has 124 valence electrons. The number of aromatic nitrogens is 2. The fourth-order valence-electron chi connectivity index (χ4n) is 2.66. The van der Waals surface area contributed by atoms with Crippen LogP contribution >= 0.6 is 28.1 Å². The van der Waals surface area contributed by atoms with E-state index in [2.05, 4.69) is 57.5 Å². The third-order valence-corrected chi connectivity index (χ3v) is 5.04. The minimum Gasteiger partial charge on any atom is -0.346 e. The van der Waals surface area contributed by atoms with E-state index in [0.717, 1.165) is 27.8 Å². The van der Waals surface area contributed by atoms with Crippen molar-refractivity contribution < 1.29 is 0 Å². The van der Waals surface area contributed by atoms with Gasteiger partial charge in [0.05, 0.1) is 22.9 Å². The topological polar surface area (TPSA) is 33.1 Å². The summed E-state index contributed by atoms with van der Waals surface area (Å²) in [6, 6.07) is 14.5. The molecule has 0 aliphatic carbocycles. The van der Waals surface area contributed by atoms with Gasteiger partial charge in [-0.15, -0.1) is 0 Å². The van der Waals surface area contributed by atoms with Gasteiger partial charge in [0, 0.05) is 24.7 Å². The molecule has 2 aromatic carbocycles. The predicted octanol–water partition coefficient (Wildman–Crippen LogP) is 4.65. The molecule has 0 atom stereocenters. The first-order chi connectivity index (χ1) is 11.6. The number of benzene rings is 2. The molecular formula is C18H19BrN4S. The van der Waals surface area contributed by atoms with Gasteiger partial charge in [-0.2, -0.15) is 5.10 Å². The van der Waals surface area contributed by atoms with E-state index in [1.165, 1.54) is 5.39 Å². The lowest BCUT2D eigenvalue weighted by Crippen LogP contribution is -2.31. The van der Waals surface area contributed by atoms with Crippen LogP contribution in [0.3, 0.4) is 0 Å². The molecule has 3 aromatic rings. The molecule has 0 fully saturated rings. The zero-order valence-electron chi connectivity index (χ0n) is 13.7. The Hall–Kier alpha value is -1.92. The Balaban J connectivity index is 1.77. The maximum atomic E-state index is 5.59. The molecule has 0 unspecified atom stereocenters. The average Bonchev–Trinajstić information content (AvgIpc) is 2.95. The maximum Gasteiger partial charge on any atom is 0.173 e. The summed E-state index contributed by atoms with van der Waals surface area (Å²) in [6.07, 6.45) is 1.83. The summed E-state index contributed by atoms with van der Waals surface area (Å²) >= 11 is 9.15. The van der Waals surface area contributed by atoms with E-state index in [1.807, 2.05) is 41.0 Å². The number of aryl methyl sites for hydroxylation is 1. The molecule has 1 heterocycles. The second-order valence-electron chi connectivity index (χ2n) is 5.57. The summed E-state index contributed by atoms with van der Waals surface area (Å²) in [5.74, 6) is 0. The Kier molecular flexibility index (Phi) is 5.16. The summed E-state index contributed by atoms with van der Waals surface area (Å²) in [5.41, 5.74) is 2.13. The van der Waals surface area contributed by atoms with Crippen LogP contribution in [0, 0.1) is 0 Å². The molecule has 0 bridgehead atoms. The summed E-state index contributed by atoms with van der Waals surface area (Å²) in [5, 5.41) is 10.8. The zero-order valence-corrected chi connectivity index (χ0v) is 16.1. The molecule has 0 aliphatic heterocycles. The summed E-state index contributed by atoms with van der Waals surface area (Å²) in [7, 11) is 1.99. The lowest BCUT2D eigenvalue weighted by atomic mass is 10.1. The maximum absolute atomic E-state index is 5.59. The molecular weight excluding hydrogens is 384 g/mol. The minimum absolute atomic E-state index is 0.683. The molecule has 1 N–H and O–H groups in total. The Morgan fingerprint density at radius 2 is 2.00 bits per heavy atom. The monoisotopic (exact) mass is 402 g/mol. The normalized spacial score (nSPS) is 10.8. The van der Waals surface area contributed by atoms with E-state index >= 15 is 0 Å². The van der Waals surface area contributed by atoms with Crippen molar-refractivity contribution in [3.8, 4) is 0 Å². The molecule has 0 amide bonds. The van der Waals surface area contributed by atoms with Gasteiger partial charge in [-0.05, 0) is 46.5 Å². The second-order valence-corrected chi connectivity index (χ2v) is 6.81. The highest BCUT2D eigenvalue weighted by Gasteiger charge is 2.13. The fraction of sp³-hybridized carbons (Fsp3) is 0.222. The van der Waals surface area contributed by atoms with Crippen molar-refractivity contribution in [1.82, 2.24) is 14.7 Å². The SMILES string of the molecule is CCn1ncc(Br)c1CN(C)C(=S)Nc1cccc2ccccc12. The molecule has 24 heavy (non-hydrogen) atoms. The largest absolute Gasteiger partial charge is 0.346 e. The van der Waals surface area contributed by atoms with E-state index in [0.29, 0.717) is 11.7 Å². The number of halogens is 1. The molecule has 4 nitrogen and oxygen atoms in total. The first-order valence-corrected chi connectivity index (χ1v) is 9.00. The van der Waals surface area contributed by atoms with E-state index < -0.39 is 0 Å². The van der Waals surface area contributed by atoms with Crippen LogP contribution < -0.4 is 5.32 Å². The van der Waals surface area contributed by atoms with Gasteiger partial charge < -0.3 is 10.2 Å². The van der Waals surface area contributed by atoms with Gasteiger partial charge in [-0.3, -0.25) is 4.68 Å². The van der Waals surface area contributed by atoms with Crippen molar-refractivity contribution >= 4 is 49.7 Å². The smallest absolute Gasteiger partial charge is 0.173 e. The van der Waals surface area contributed by atoms with E-state index in [4.69, 9.17) is 12.2 Å². The van der Waals surface area contributed by atoms with Crippen molar-refractivity contribution in [1.29, 1.82) is 0 Å². The van der Waals surface area contributed by atoms with E-state index in [-0.39, 0.29) is 0 Å². The molecule has 1 aromatic heterocycles. The van der Waals surface area contributed by atoms with Crippen LogP contribution in [-0.4, -0.2) is 26.8 Å². The lowest BCUT2D eigenvalue weighted by molar-refractivity contribution is 0.470. The number of rotatable bonds is 4. The third-order valence-electron chi connectivity index (χ3n) is 3.96. The quantitative estimate of drug-likeness (QED) is 0.643. The number of nitrogens with zero attached hydrogens (tertiary/aromatic N) is 3. The Morgan fingerprint density at radius 1 is 1.25 bits per heavy atom. The van der Waals surface area contributed by atoms with Crippen LogP contribution in [0.1, 0.15) is 12.6 Å². The molecule has 0 saturated carbocycles. The first kappa shape index (κ1) is 16.9. The van der Waals surface area contributed by atoms with E-state index in [1.54, 1.807) is 0 Å². The number of thiocarbonyl (C=S) groups is 1. The highest BCUT2D eigenvalue weighted by Crippen LogP contribution is 2.24. The highest BCUT2D eigenvalue weighted by molar-refractivity contribution is 9.10. The lowest BCUT2D eigenvalue weighted by Gasteiger charge is -2.22. The Bertz CT molecular complexity index is 869. The third kappa shape index (κ3) is 3.44. The van der Waals surface area contributed by atoms with Gasteiger partial charge >= 0.3 is 0 Å². The predicted molar refractivity (Wildman–Crippen MR) is 107 cm³/mol. The minimum atomic E-state index is 0.683. The van der Waals surface area contributed by atoms with Crippen molar-refractivity contribution in [3.05, 3.63) is 58.8 Å². The van der Waals surface area contributed by atoms with Gasteiger partial charge in [0.25, 0.3) is 0 Å². The van der Waals surface area contributed by atoms with Crippen LogP contribution in [0.4, 0.5) is 5.69 Å². The standard InChI is InChI=1S/C18H19BrN4S/c1-3-23-17(15(19)11-20-23)12-22(2)18(24)21-16-10-6-8-13-7-4-5-9-14(13)16/h4-11H,3,12H2,1-2H3,(H,21,24). The summed E-state index contributed by atoms with van der Waals surface area (Å²) in [6.45, 7) is 3.60. The summed E-state index contributed by atoms with van der Waals surface area (Å²) < 4.78 is 2.98. The molecule has 3 rings (SSSR count). The van der Waals surface area contributed by atoms with Crippen LogP contribution in [0.25, 0.3) is 10.8 Å². The van der Waals surface area contributed by atoms with Crippen LogP contribution in [0.5, 0.6) is 0 Å². The second kappa shape index (κ2) is 7.32. The van der Waals surface area contributed by atoms with Crippen molar-refractivity contribution in [3.63, 3.8) is 0 Å². The Morgan fingerprint density at radius 3 is 2.79 bits per heavy atom. The molecule has 0 aliphatic rings. The van der Waals surface area contributed by atoms with Gasteiger partial charge in [-0.1, -0.05) is 36.4 Å². The Labute approximate surface area is 155 Å². The molecule has 0 spiro atoms. The van der Waals surface area contributed by atoms with Crippen molar-refractivity contribution in [2.24, 2.45) is 0 Å². The van der Waals surface area contributed by atoms with Crippen molar-refractivity contribution in [2.75, 3.05) is 12.4 Å². The number of hydrogen-bond acceptors (Lipinski definition) is 2. The average molecular weight is 403 g/mol. The first-order valence-electron chi connectivity index (χ1n) is 7.80. The number of fused-ring (bicyclic) bond motifs is 1. The van der Waals surface area contributed by atoms with Crippen LogP contribution in [0.2, 0.25) is 0 Å². The van der Waals surface area contributed by atoms with Gasteiger partial charge in [0.1, 0.15) is 0 Å². The van der Waals surface area contributed by atoms with Crippen molar-refractivity contribution in [2.45, 2.75) is 20.0 Å². The zero-order chi connectivity index (χ0) is 17.1. The molecule has 0 radical (unpaired) electrons. The number of hydrogen-bond donors (Lipinski definition) is 1. The van der Waals surface area contributed by atoms with Gasteiger partial charge in [0.15, 0.2) is 5.11 Å². The van der Waals surface area contributed by atoms with Crippen LogP contribution in [0.15, 0.2) is 53.1 Å². The molecule has 6 heteroatoms. The number of nitrogens with one attached hydrogen (secondary N) is 1. The number of anilines is 1. The molecule has 0 saturated heterocycles. The van der Waals surface area contributed by atoms with E-state index in [9.17, 15) is 0 Å². The fourth-order valence-corrected chi connectivity index (χ4v) is 3.26.